The van der Waals surface area contributed by atoms with Crippen LogP contribution >= 0.6 is 0 Å². The second kappa shape index (κ2) is 6.24. The van der Waals surface area contributed by atoms with Crippen LogP contribution in [0.3, 0.4) is 0 Å². The molecule has 1 atom stereocenters. The zero-order chi connectivity index (χ0) is 12.8. The maximum Gasteiger partial charge on any atom is 0.323 e. The molecule has 1 rings (SSSR count). The van der Waals surface area contributed by atoms with Crippen molar-refractivity contribution in [1.29, 1.82) is 0 Å². The molecule has 0 radical (unpaired) electrons. The van der Waals surface area contributed by atoms with Crippen molar-refractivity contribution < 1.29 is 19.8 Å². The summed E-state index contributed by atoms with van der Waals surface area (Å²) in [5.41, 5.74) is 0. The number of hydrogen-bond donors (Lipinski definition) is 2. The molecule has 0 aliphatic carbocycles. The van der Waals surface area contributed by atoms with Gasteiger partial charge in [-0.1, -0.05) is 6.08 Å². The Hall–Kier alpha value is -1.56. The van der Waals surface area contributed by atoms with E-state index in [1.54, 1.807) is 4.90 Å². The fourth-order valence-electron chi connectivity index (χ4n) is 1.88. The van der Waals surface area contributed by atoms with E-state index in [0.717, 1.165) is 6.42 Å². The molecular weight excluding hydrogens is 224 g/mol. The van der Waals surface area contributed by atoms with Crippen LogP contribution in [0.25, 0.3) is 0 Å². The average Bonchev–Trinajstić information content (AvgIpc) is 2.75. The van der Waals surface area contributed by atoms with Gasteiger partial charge in [0.05, 0.1) is 0 Å². The summed E-state index contributed by atoms with van der Waals surface area (Å²) < 4.78 is 0. The van der Waals surface area contributed by atoms with Gasteiger partial charge in [-0.2, -0.15) is 0 Å². The van der Waals surface area contributed by atoms with Crippen LogP contribution in [-0.2, 0) is 4.79 Å². The van der Waals surface area contributed by atoms with Gasteiger partial charge < -0.3 is 20.0 Å². The second-order valence-corrected chi connectivity index (χ2v) is 4.13. The first-order chi connectivity index (χ1) is 8.08. The first kappa shape index (κ1) is 13.5. The third kappa shape index (κ3) is 3.74. The smallest absolute Gasteiger partial charge is 0.323 e. The number of aliphatic hydroxyl groups is 1. The van der Waals surface area contributed by atoms with E-state index < -0.39 is 5.97 Å². The molecule has 0 spiro atoms. The highest BCUT2D eigenvalue weighted by atomic mass is 16.4. The SMILES string of the molecule is C=CCN(CC(=O)O)C(=O)N1CCC(CO)C1. The molecule has 0 saturated carbocycles. The number of aliphatic carboxylic acids is 1. The third-order valence-corrected chi connectivity index (χ3v) is 2.76. The van der Waals surface area contributed by atoms with E-state index in [1.165, 1.54) is 11.0 Å². The first-order valence-corrected chi connectivity index (χ1v) is 5.56. The number of carboxylic acids is 1. The molecule has 6 nitrogen and oxygen atoms in total. The molecule has 2 N–H and O–H groups in total. The number of urea groups is 1. The maximum absolute atomic E-state index is 12.0. The van der Waals surface area contributed by atoms with Crippen molar-refractivity contribution in [2.75, 3.05) is 32.8 Å². The molecule has 17 heavy (non-hydrogen) atoms. The number of carbonyl (C=O) groups excluding carboxylic acids is 1. The molecule has 1 unspecified atom stereocenters. The van der Waals surface area contributed by atoms with Gasteiger partial charge in [-0.3, -0.25) is 4.79 Å². The van der Waals surface area contributed by atoms with Crippen LogP contribution in [-0.4, -0.2) is 64.8 Å². The number of rotatable bonds is 5. The summed E-state index contributed by atoms with van der Waals surface area (Å²) in [6.07, 6.45) is 2.26. The molecule has 0 aromatic heterocycles. The van der Waals surface area contributed by atoms with Crippen molar-refractivity contribution in [2.45, 2.75) is 6.42 Å². The summed E-state index contributed by atoms with van der Waals surface area (Å²) in [4.78, 5) is 25.4. The zero-order valence-corrected chi connectivity index (χ0v) is 9.71. The van der Waals surface area contributed by atoms with Crippen LogP contribution < -0.4 is 0 Å². The van der Waals surface area contributed by atoms with Gasteiger partial charge in [0.2, 0.25) is 0 Å². The van der Waals surface area contributed by atoms with Gasteiger partial charge in [0.1, 0.15) is 6.54 Å². The van der Waals surface area contributed by atoms with E-state index in [-0.39, 0.29) is 31.6 Å². The van der Waals surface area contributed by atoms with Gasteiger partial charge in [-0.05, 0) is 6.42 Å². The number of carbonyl (C=O) groups is 2. The molecule has 96 valence electrons. The Bertz CT molecular complexity index is 306. The van der Waals surface area contributed by atoms with Crippen molar-refractivity contribution in [3.63, 3.8) is 0 Å². The quantitative estimate of drug-likeness (QED) is 0.665. The summed E-state index contributed by atoms with van der Waals surface area (Å²) >= 11 is 0. The molecule has 1 aliphatic rings. The minimum atomic E-state index is -1.04. The summed E-state index contributed by atoms with van der Waals surface area (Å²) in [7, 11) is 0. The van der Waals surface area contributed by atoms with E-state index in [4.69, 9.17) is 10.2 Å². The highest BCUT2D eigenvalue weighted by molar-refractivity contribution is 5.80. The van der Waals surface area contributed by atoms with Crippen molar-refractivity contribution >= 4 is 12.0 Å². The Morgan fingerprint density at radius 2 is 2.24 bits per heavy atom. The fourth-order valence-corrected chi connectivity index (χ4v) is 1.88. The Kier molecular flexibility index (Phi) is 4.96. The predicted molar refractivity (Wildman–Crippen MR) is 61.6 cm³/mol. The van der Waals surface area contributed by atoms with Crippen LogP contribution in [0.15, 0.2) is 12.7 Å². The Morgan fingerprint density at radius 1 is 1.53 bits per heavy atom. The molecular formula is C11H18N2O4. The van der Waals surface area contributed by atoms with Gasteiger partial charge in [0.15, 0.2) is 0 Å². The fraction of sp³-hybridized carbons (Fsp3) is 0.636. The highest BCUT2D eigenvalue weighted by Crippen LogP contribution is 2.17. The third-order valence-electron chi connectivity index (χ3n) is 2.76. The van der Waals surface area contributed by atoms with Crippen molar-refractivity contribution in [1.82, 2.24) is 9.80 Å². The van der Waals surface area contributed by atoms with E-state index in [2.05, 4.69) is 6.58 Å². The predicted octanol–water partition coefficient (Wildman–Crippen LogP) is -0.00680. The zero-order valence-electron chi connectivity index (χ0n) is 9.71. The molecule has 0 bridgehead atoms. The number of likely N-dealkylation sites (tertiary alicyclic amines) is 1. The van der Waals surface area contributed by atoms with E-state index in [9.17, 15) is 9.59 Å². The summed E-state index contributed by atoms with van der Waals surface area (Å²) in [6.45, 7) is 4.50. The van der Waals surface area contributed by atoms with Crippen LogP contribution in [0.2, 0.25) is 0 Å². The molecule has 1 heterocycles. The number of amides is 2. The standard InChI is InChI=1S/C11H18N2O4/c1-2-4-12(7-10(15)16)11(17)13-5-3-9(6-13)8-14/h2,9,14H,1,3-8H2,(H,15,16). The lowest BCUT2D eigenvalue weighted by Crippen LogP contribution is -2.44. The largest absolute Gasteiger partial charge is 0.480 e. The minimum absolute atomic E-state index is 0.0597. The maximum atomic E-state index is 12.0. The summed E-state index contributed by atoms with van der Waals surface area (Å²) in [6, 6.07) is -0.303. The molecule has 1 fully saturated rings. The van der Waals surface area contributed by atoms with Gasteiger partial charge in [0.25, 0.3) is 0 Å². The lowest BCUT2D eigenvalue weighted by Gasteiger charge is -2.25. The Balaban J connectivity index is 2.58. The van der Waals surface area contributed by atoms with Gasteiger partial charge >= 0.3 is 12.0 Å². The Labute approximate surface area is 100 Å². The van der Waals surface area contributed by atoms with Gasteiger partial charge in [-0.15, -0.1) is 6.58 Å². The van der Waals surface area contributed by atoms with E-state index in [0.29, 0.717) is 13.1 Å². The van der Waals surface area contributed by atoms with Gasteiger partial charge in [-0.25, -0.2) is 4.79 Å². The summed E-state index contributed by atoms with van der Waals surface area (Å²) in [5.74, 6) is -0.938. The number of carboxylic acid groups (broad SMARTS) is 1. The second-order valence-electron chi connectivity index (χ2n) is 4.13. The molecule has 6 heteroatoms. The number of hydrogen-bond acceptors (Lipinski definition) is 3. The van der Waals surface area contributed by atoms with Crippen LogP contribution in [0.4, 0.5) is 4.79 Å². The normalized spacial score (nSPS) is 19.1. The van der Waals surface area contributed by atoms with Gasteiger partial charge in [0, 0.05) is 32.2 Å². The number of nitrogens with zero attached hydrogens (tertiary/aromatic N) is 2. The number of aliphatic hydroxyl groups excluding tert-OH is 1. The van der Waals surface area contributed by atoms with E-state index >= 15 is 0 Å². The van der Waals surface area contributed by atoms with Crippen LogP contribution in [0.5, 0.6) is 0 Å². The lowest BCUT2D eigenvalue weighted by molar-refractivity contribution is -0.137. The van der Waals surface area contributed by atoms with Crippen LogP contribution in [0.1, 0.15) is 6.42 Å². The minimum Gasteiger partial charge on any atom is -0.480 e. The molecule has 1 saturated heterocycles. The van der Waals surface area contributed by atoms with Crippen molar-refractivity contribution in [3.8, 4) is 0 Å². The lowest BCUT2D eigenvalue weighted by atomic mass is 10.1. The highest BCUT2D eigenvalue weighted by Gasteiger charge is 2.29. The first-order valence-electron chi connectivity index (χ1n) is 5.56. The monoisotopic (exact) mass is 242 g/mol. The topological polar surface area (TPSA) is 81.1 Å². The van der Waals surface area contributed by atoms with E-state index in [1.807, 2.05) is 0 Å². The molecule has 2 amide bonds. The van der Waals surface area contributed by atoms with Crippen LogP contribution in [0, 0.1) is 5.92 Å². The van der Waals surface area contributed by atoms with Crippen molar-refractivity contribution in [3.05, 3.63) is 12.7 Å². The molecule has 1 aliphatic heterocycles. The van der Waals surface area contributed by atoms with Crippen molar-refractivity contribution in [2.24, 2.45) is 5.92 Å². The molecule has 0 aromatic rings. The average molecular weight is 242 g/mol. The Morgan fingerprint density at radius 3 is 2.71 bits per heavy atom. The summed E-state index contributed by atoms with van der Waals surface area (Å²) in [5, 5.41) is 17.7. The molecule has 0 aromatic carbocycles.